The molecule has 0 aliphatic heterocycles. The Hall–Kier alpha value is -0.710. The zero-order chi connectivity index (χ0) is 14.3. The molecule has 0 amide bonds. The predicted molar refractivity (Wildman–Crippen MR) is 81.1 cm³/mol. The van der Waals surface area contributed by atoms with E-state index in [9.17, 15) is 9.90 Å². The summed E-state index contributed by atoms with van der Waals surface area (Å²) in [5.41, 5.74) is -0.805. The molecule has 0 aromatic heterocycles. The molecule has 2 N–H and O–H groups in total. The van der Waals surface area contributed by atoms with Crippen molar-refractivity contribution in [1.82, 2.24) is 5.32 Å². The van der Waals surface area contributed by atoms with Crippen molar-refractivity contribution >= 4 is 29.3 Å². The van der Waals surface area contributed by atoms with Crippen molar-refractivity contribution in [3.8, 4) is 0 Å². The van der Waals surface area contributed by atoms with Crippen molar-refractivity contribution in [1.29, 1.82) is 0 Å². The van der Waals surface area contributed by atoms with E-state index in [1.807, 2.05) is 31.2 Å². The quantitative estimate of drug-likeness (QED) is 0.568. The summed E-state index contributed by atoms with van der Waals surface area (Å²) in [7, 11) is 1.71. The van der Waals surface area contributed by atoms with Gasteiger partial charge in [0.15, 0.2) is 0 Å². The molecule has 19 heavy (non-hydrogen) atoms. The number of benzene rings is 1. The molecule has 1 unspecified atom stereocenters. The number of carbonyl (C=O) groups is 1. The Morgan fingerprint density at radius 3 is 2.68 bits per heavy atom. The summed E-state index contributed by atoms with van der Waals surface area (Å²) in [4.78, 5) is 12.4. The molecule has 1 atom stereocenters. The van der Waals surface area contributed by atoms with E-state index < -0.39 is 11.5 Å². The molecule has 106 valence electrons. The van der Waals surface area contributed by atoms with Crippen molar-refractivity contribution in [2.24, 2.45) is 0 Å². The van der Waals surface area contributed by atoms with Gasteiger partial charge in [-0.25, -0.2) is 0 Å². The number of thioether (sulfide) groups is 1. The highest BCUT2D eigenvalue weighted by atomic mass is 35.5. The van der Waals surface area contributed by atoms with E-state index >= 15 is 0 Å². The maximum Gasteiger partial charge on any atom is 0.323 e. The molecule has 0 bridgehead atoms. The summed E-state index contributed by atoms with van der Waals surface area (Å²) in [6.07, 6.45) is 2.03. The summed E-state index contributed by atoms with van der Waals surface area (Å²) in [6.45, 7) is 1.89. The maximum absolute atomic E-state index is 11.3. The van der Waals surface area contributed by atoms with Crippen LogP contribution in [0.4, 0.5) is 0 Å². The number of likely N-dealkylation sites (N-methyl/N-ethyl adjacent to an activating group) is 1. The Morgan fingerprint density at radius 2 is 2.16 bits per heavy atom. The highest BCUT2D eigenvalue weighted by Gasteiger charge is 2.33. The van der Waals surface area contributed by atoms with Gasteiger partial charge >= 0.3 is 5.97 Å². The second kappa shape index (κ2) is 7.78. The lowest BCUT2D eigenvalue weighted by Gasteiger charge is -2.27. The van der Waals surface area contributed by atoms with Crippen LogP contribution in [-0.2, 0) is 4.79 Å². The van der Waals surface area contributed by atoms with E-state index in [0.29, 0.717) is 12.8 Å². The summed E-state index contributed by atoms with van der Waals surface area (Å²) >= 11 is 7.74. The predicted octanol–water partition coefficient (Wildman–Crippen LogP) is 3.67. The average molecular weight is 302 g/mol. The number of rotatable bonds is 8. The van der Waals surface area contributed by atoms with E-state index in [2.05, 4.69) is 5.32 Å². The molecule has 1 aromatic rings. The standard InChI is InChI=1S/C14H20ClNO2S/c1-3-14(16-2,13(17)18)9-6-10-19-12-8-5-4-7-11(12)15/h4-5,7-8,16H,3,6,9-10H2,1-2H3,(H,17,18). The first kappa shape index (κ1) is 16.3. The van der Waals surface area contributed by atoms with E-state index in [4.69, 9.17) is 11.6 Å². The minimum absolute atomic E-state index is 0.579. The van der Waals surface area contributed by atoms with Crippen LogP contribution in [-0.4, -0.2) is 29.4 Å². The first-order valence-corrected chi connectivity index (χ1v) is 7.71. The van der Waals surface area contributed by atoms with Gasteiger partial charge in [0.1, 0.15) is 5.54 Å². The van der Waals surface area contributed by atoms with Crippen LogP contribution < -0.4 is 5.32 Å². The molecule has 5 heteroatoms. The van der Waals surface area contributed by atoms with E-state index in [-0.39, 0.29) is 0 Å². The van der Waals surface area contributed by atoms with Gasteiger partial charge in [-0.1, -0.05) is 30.7 Å². The molecular weight excluding hydrogens is 282 g/mol. The van der Waals surface area contributed by atoms with Gasteiger partial charge in [-0.3, -0.25) is 4.79 Å². The van der Waals surface area contributed by atoms with Crippen LogP contribution >= 0.6 is 23.4 Å². The molecule has 0 spiro atoms. The fourth-order valence-electron chi connectivity index (χ4n) is 1.96. The summed E-state index contributed by atoms with van der Waals surface area (Å²) < 4.78 is 0. The van der Waals surface area contributed by atoms with Crippen LogP contribution in [0.3, 0.4) is 0 Å². The average Bonchev–Trinajstić information content (AvgIpc) is 2.41. The minimum atomic E-state index is -0.805. The van der Waals surface area contributed by atoms with Crippen molar-refractivity contribution < 1.29 is 9.90 Å². The number of hydrogen-bond donors (Lipinski definition) is 2. The zero-order valence-electron chi connectivity index (χ0n) is 11.3. The molecular formula is C14H20ClNO2S. The molecule has 0 saturated carbocycles. The van der Waals surface area contributed by atoms with Crippen LogP contribution in [0.1, 0.15) is 26.2 Å². The fourth-order valence-corrected chi connectivity index (χ4v) is 3.15. The fraction of sp³-hybridized carbons (Fsp3) is 0.500. The van der Waals surface area contributed by atoms with E-state index in [1.165, 1.54) is 0 Å². The number of nitrogens with one attached hydrogen (secondary N) is 1. The summed E-state index contributed by atoms with van der Waals surface area (Å²) in [6, 6.07) is 7.70. The topological polar surface area (TPSA) is 49.3 Å². The summed E-state index contributed by atoms with van der Waals surface area (Å²) in [5, 5.41) is 13.0. The monoisotopic (exact) mass is 301 g/mol. The van der Waals surface area contributed by atoms with Gasteiger partial charge in [0.25, 0.3) is 0 Å². The largest absolute Gasteiger partial charge is 0.480 e. The number of hydrogen-bond acceptors (Lipinski definition) is 3. The Morgan fingerprint density at radius 1 is 1.47 bits per heavy atom. The molecule has 0 aliphatic rings. The van der Waals surface area contributed by atoms with Crippen LogP contribution in [0.5, 0.6) is 0 Å². The van der Waals surface area contributed by atoms with Gasteiger partial charge < -0.3 is 10.4 Å². The Labute approximate surface area is 123 Å². The third-order valence-electron chi connectivity index (χ3n) is 3.33. The smallest absolute Gasteiger partial charge is 0.323 e. The first-order chi connectivity index (χ1) is 9.05. The Kier molecular flexibility index (Phi) is 6.69. The molecule has 0 aliphatic carbocycles. The van der Waals surface area contributed by atoms with Gasteiger partial charge in [-0.2, -0.15) is 0 Å². The second-order valence-corrected chi connectivity index (χ2v) is 5.92. The number of carboxylic acid groups (broad SMARTS) is 1. The van der Waals surface area contributed by atoms with Gasteiger partial charge in [0.2, 0.25) is 0 Å². The third kappa shape index (κ3) is 4.41. The van der Waals surface area contributed by atoms with Crippen LogP contribution in [0, 0.1) is 0 Å². The van der Waals surface area contributed by atoms with Crippen molar-refractivity contribution in [3.05, 3.63) is 29.3 Å². The van der Waals surface area contributed by atoms with Crippen molar-refractivity contribution in [3.63, 3.8) is 0 Å². The third-order valence-corrected chi connectivity index (χ3v) is 4.94. The van der Waals surface area contributed by atoms with E-state index in [1.54, 1.807) is 18.8 Å². The SMILES string of the molecule is CCC(CCCSc1ccccc1Cl)(NC)C(=O)O. The lowest BCUT2D eigenvalue weighted by Crippen LogP contribution is -2.49. The Balaban J connectivity index is 2.46. The minimum Gasteiger partial charge on any atom is -0.480 e. The van der Waals surface area contributed by atoms with Gasteiger partial charge in [0, 0.05) is 4.90 Å². The molecule has 0 radical (unpaired) electrons. The first-order valence-electron chi connectivity index (χ1n) is 6.35. The van der Waals surface area contributed by atoms with Crippen molar-refractivity contribution in [2.75, 3.05) is 12.8 Å². The van der Waals surface area contributed by atoms with Crippen molar-refractivity contribution in [2.45, 2.75) is 36.6 Å². The lowest BCUT2D eigenvalue weighted by atomic mass is 9.91. The summed E-state index contributed by atoms with van der Waals surface area (Å²) in [5.74, 6) is 0.0840. The van der Waals surface area contributed by atoms with Crippen LogP contribution in [0.2, 0.25) is 5.02 Å². The number of halogens is 1. The molecule has 0 heterocycles. The molecule has 1 aromatic carbocycles. The van der Waals surface area contributed by atoms with Gasteiger partial charge in [-0.15, -0.1) is 11.8 Å². The molecule has 0 fully saturated rings. The highest BCUT2D eigenvalue weighted by molar-refractivity contribution is 7.99. The molecule has 3 nitrogen and oxygen atoms in total. The molecule has 1 rings (SSSR count). The van der Waals surface area contributed by atoms with Gasteiger partial charge in [-0.05, 0) is 44.2 Å². The normalized spacial score (nSPS) is 14.1. The number of carboxylic acids is 1. The Bertz CT molecular complexity index is 422. The van der Waals surface area contributed by atoms with Crippen LogP contribution in [0.25, 0.3) is 0 Å². The van der Waals surface area contributed by atoms with Crippen LogP contribution in [0.15, 0.2) is 29.2 Å². The van der Waals surface area contributed by atoms with Gasteiger partial charge in [0.05, 0.1) is 5.02 Å². The lowest BCUT2D eigenvalue weighted by molar-refractivity contribution is -0.145. The highest BCUT2D eigenvalue weighted by Crippen LogP contribution is 2.28. The zero-order valence-corrected chi connectivity index (χ0v) is 12.9. The number of aliphatic carboxylic acids is 1. The van der Waals surface area contributed by atoms with E-state index in [0.717, 1.165) is 22.1 Å². The molecule has 0 saturated heterocycles. The maximum atomic E-state index is 11.3. The second-order valence-electron chi connectivity index (χ2n) is 4.37.